The molecule has 0 aromatic carbocycles. The zero-order valence-corrected chi connectivity index (χ0v) is 11.9. The summed E-state index contributed by atoms with van der Waals surface area (Å²) in [6.07, 6.45) is 4.24. The van der Waals surface area contributed by atoms with Crippen molar-refractivity contribution in [1.82, 2.24) is 10.3 Å². The van der Waals surface area contributed by atoms with Crippen LogP contribution < -0.4 is 5.32 Å². The van der Waals surface area contributed by atoms with E-state index in [4.69, 9.17) is 0 Å². The van der Waals surface area contributed by atoms with E-state index < -0.39 is 0 Å². The van der Waals surface area contributed by atoms with Crippen LogP contribution in [-0.2, 0) is 0 Å². The number of rotatable bonds is 6. The second kappa shape index (κ2) is 7.02. The predicted octanol–water partition coefficient (Wildman–Crippen LogP) is 3.93. The summed E-state index contributed by atoms with van der Waals surface area (Å²) in [5.74, 6) is 0.731. The Morgan fingerprint density at radius 2 is 2.12 bits per heavy atom. The molecule has 0 aliphatic carbocycles. The van der Waals surface area contributed by atoms with Gasteiger partial charge in [-0.15, -0.1) is 0 Å². The van der Waals surface area contributed by atoms with Gasteiger partial charge in [0.15, 0.2) is 0 Å². The molecule has 3 heteroatoms. The van der Waals surface area contributed by atoms with Crippen LogP contribution in [0, 0.1) is 5.92 Å². The minimum atomic E-state index is 0.382. The Kier molecular flexibility index (Phi) is 5.99. The first kappa shape index (κ1) is 13.7. The molecule has 1 heterocycles. The van der Waals surface area contributed by atoms with Crippen molar-refractivity contribution in [2.24, 2.45) is 5.92 Å². The Morgan fingerprint density at radius 1 is 1.38 bits per heavy atom. The number of hydrogen-bond acceptors (Lipinski definition) is 2. The van der Waals surface area contributed by atoms with Gasteiger partial charge in [0.1, 0.15) is 0 Å². The van der Waals surface area contributed by atoms with Crippen molar-refractivity contribution in [2.75, 3.05) is 6.54 Å². The molecule has 0 amide bonds. The minimum Gasteiger partial charge on any atom is -0.309 e. The maximum absolute atomic E-state index is 4.48. The van der Waals surface area contributed by atoms with Gasteiger partial charge in [0.05, 0.1) is 5.69 Å². The Bertz CT molecular complexity index is 297. The SMILES string of the molecule is CCNC(CC(C)CC)c1ccc(Br)cn1. The van der Waals surface area contributed by atoms with E-state index in [0.29, 0.717) is 6.04 Å². The highest BCUT2D eigenvalue weighted by molar-refractivity contribution is 9.10. The molecule has 1 aromatic rings. The molecule has 0 saturated carbocycles. The third kappa shape index (κ3) is 4.22. The Hall–Kier alpha value is -0.410. The second-order valence-electron chi connectivity index (χ2n) is 4.26. The quantitative estimate of drug-likeness (QED) is 0.856. The van der Waals surface area contributed by atoms with Gasteiger partial charge in [0.2, 0.25) is 0 Å². The number of nitrogens with zero attached hydrogens (tertiary/aromatic N) is 1. The first-order valence-corrected chi connectivity index (χ1v) is 6.81. The standard InChI is InChI=1S/C13H21BrN2/c1-4-10(3)8-13(15-5-2)12-7-6-11(14)9-16-12/h6-7,9-10,13,15H,4-5,8H2,1-3H3. The first-order valence-electron chi connectivity index (χ1n) is 6.02. The molecule has 0 bridgehead atoms. The van der Waals surface area contributed by atoms with Crippen LogP contribution in [0.5, 0.6) is 0 Å². The van der Waals surface area contributed by atoms with Crippen LogP contribution in [-0.4, -0.2) is 11.5 Å². The van der Waals surface area contributed by atoms with Gasteiger partial charge in [-0.2, -0.15) is 0 Å². The first-order chi connectivity index (χ1) is 7.67. The van der Waals surface area contributed by atoms with Crippen molar-refractivity contribution < 1.29 is 0 Å². The topological polar surface area (TPSA) is 24.9 Å². The molecular weight excluding hydrogens is 264 g/mol. The summed E-state index contributed by atoms with van der Waals surface area (Å²) < 4.78 is 1.04. The van der Waals surface area contributed by atoms with Crippen LogP contribution in [0.15, 0.2) is 22.8 Å². The summed E-state index contributed by atoms with van der Waals surface area (Å²) >= 11 is 3.42. The van der Waals surface area contributed by atoms with Crippen molar-refractivity contribution in [2.45, 2.75) is 39.7 Å². The smallest absolute Gasteiger partial charge is 0.0574 e. The van der Waals surface area contributed by atoms with E-state index in [9.17, 15) is 0 Å². The summed E-state index contributed by atoms with van der Waals surface area (Å²) in [7, 11) is 0. The lowest BCUT2D eigenvalue weighted by Gasteiger charge is -2.20. The molecule has 2 unspecified atom stereocenters. The Morgan fingerprint density at radius 3 is 2.62 bits per heavy atom. The van der Waals surface area contributed by atoms with Gasteiger partial charge in [0.25, 0.3) is 0 Å². The molecule has 0 fully saturated rings. The van der Waals surface area contributed by atoms with E-state index >= 15 is 0 Å². The average molecular weight is 285 g/mol. The molecule has 16 heavy (non-hydrogen) atoms. The van der Waals surface area contributed by atoms with Crippen LogP contribution in [0.1, 0.15) is 45.3 Å². The highest BCUT2D eigenvalue weighted by Gasteiger charge is 2.14. The fourth-order valence-corrected chi connectivity index (χ4v) is 1.95. The van der Waals surface area contributed by atoms with Crippen molar-refractivity contribution in [3.05, 3.63) is 28.5 Å². The molecule has 2 atom stereocenters. The maximum Gasteiger partial charge on any atom is 0.0574 e. The second-order valence-corrected chi connectivity index (χ2v) is 5.18. The molecule has 2 nitrogen and oxygen atoms in total. The molecule has 0 saturated heterocycles. The molecule has 90 valence electrons. The Balaban J connectivity index is 2.72. The van der Waals surface area contributed by atoms with Crippen LogP contribution in [0.3, 0.4) is 0 Å². The molecule has 1 rings (SSSR count). The van der Waals surface area contributed by atoms with E-state index in [0.717, 1.165) is 29.1 Å². The number of aromatic nitrogens is 1. The summed E-state index contributed by atoms with van der Waals surface area (Å²) in [5.41, 5.74) is 1.14. The van der Waals surface area contributed by atoms with Crippen LogP contribution in [0.25, 0.3) is 0 Å². The van der Waals surface area contributed by atoms with Crippen molar-refractivity contribution in [3.63, 3.8) is 0 Å². The molecule has 1 N–H and O–H groups in total. The van der Waals surface area contributed by atoms with Gasteiger partial charge in [-0.3, -0.25) is 4.98 Å². The van der Waals surface area contributed by atoms with Crippen molar-refractivity contribution in [1.29, 1.82) is 0 Å². The lowest BCUT2D eigenvalue weighted by atomic mass is 9.97. The predicted molar refractivity (Wildman–Crippen MR) is 72.4 cm³/mol. The molecule has 0 aliphatic heterocycles. The van der Waals surface area contributed by atoms with Crippen molar-refractivity contribution >= 4 is 15.9 Å². The number of halogens is 1. The summed E-state index contributed by atoms with van der Waals surface area (Å²) in [4.78, 5) is 4.48. The molecule has 0 spiro atoms. The fraction of sp³-hybridized carbons (Fsp3) is 0.615. The monoisotopic (exact) mass is 284 g/mol. The van der Waals surface area contributed by atoms with Crippen LogP contribution in [0.2, 0.25) is 0 Å². The fourth-order valence-electron chi connectivity index (χ4n) is 1.72. The summed E-state index contributed by atoms with van der Waals surface area (Å²) in [6, 6.07) is 4.54. The van der Waals surface area contributed by atoms with Crippen molar-refractivity contribution in [3.8, 4) is 0 Å². The Labute approximate surface area is 107 Å². The summed E-state index contributed by atoms with van der Waals surface area (Å²) in [5, 5.41) is 3.51. The van der Waals surface area contributed by atoms with Crippen LogP contribution in [0.4, 0.5) is 0 Å². The largest absolute Gasteiger partial charge is 0.309 e. The number of pyridine rings is 1. The molecule has 0 aliphatic rings. The lowest BCUT2D eigenvalue weighted by Crippen LogP contribution is -2.23. The average Bonchev–Trinajstić information content (AvgIpc) is 2.29. The maximum atomic E-state index is 4.48. The third-order valence-corrected chi connectivity index (χ3v) is 3.36. The van der Waals surface area contributed by atoms with Crippen LogP contribution >= 0.6 is 15.9 Å². The zero-order chi connectivity index (χ0) is 12.0. The van der Waals surface area contributed by atoms with Gasteiger partial charge in [-0.1, -0.05) is 27.2 Å². The minimum absolute atomic E-state index is 0.382. The van der Waals surface area contributed by atoms with E-state index in [1.54, 1.807) is 0 Å². The normalized spacial score (nSPS) is 14.8. The van der Waals surface area contributed by atoms with Gasteiger partial charge in [0, 0.05) is 16.7 Å². The zero-order valence-electron chi connectivity index (χ0n) is 10.3. The number of nitrogens with one attached hydrogen (secondary N) is 1. The van der Waals surface area contributed by atoms with E-state index in [1.165, 1.54) is 6.42 Å². The van der Waals surface area contributed by atoms with Gasteiger partial charge in [-0.25, -0.2) is 0 Å². The third-order valence-electron chi connectivity index (χ3n) is 2.89. The van der Waals surface area contributed by atoms with E-state index in [1.807, 2.05) is 6.20 Å². The van der Waals surface area contributed by atoms with Gasteiger partial charge < -0.3 is 5.32 Å². The molecule has 0 radical (unpaired) electrons. The molecular formula is C13H21BrN2. The number of hydrogen-bond donors (Lipinski definition) is 1. The van der Waals surface area contributed by atoms with E-state index in [-0.39, 0.29) is 0 Å². The van der Waals surface area contributed by atoms with Gasteiger partial charge >= 0.3 is 0 Å². The summed E-state index contributed by atoms with van der Waals surface area (Å²) in [6.45, 7) is 7.66. The highest BCUT2D eigenvalue weighted by Crippen LogP contribution is 2.22. The lowest BCUT2D eigenvalue weighted by molar-refractivity contribution is 0.402. The van der Waals surface area contributed by atoms with E-state index in [2.05, 4.69) is 59.1 Å². The highest BCUT2D eigenvalue weighted by atomic mass is 79.9. The molecule has 1 aromatic heterocycles. The van der Waals surface area contributed by atoms with Gasteiger partial charge in [-0.05, 0) is 46.9 Å².